The van der Waals surface area contributed by atoms with Crippen molar-refractivity contribution in [3.63, 3.8) is 0 Å². The maximum Gasteiger partial charge on any atom is 0.432 e. The van der Waals surface area contributed by atoms with Crippen molar-refractivity contribution in [1.29, 1.82) is 5.26 Å². The zero-order valence-electron chi connectivity index (χ0n) is 9.45. The van der Waals surface area contributed by atoms with Crippen LogP contribution >= 0.6 is 39.1 Å². The van der Waals surface area contributed by atoms with Crippen LogP contribution in [0.4, 0.5) is 13.2 Å². The maximum atomic E-state index is 12.8. The van der Waals surface area contributed by atoms with Gasteiger partial charge in [-0.1, -0.05) is 29.3 Å². The molecule has 0 atom stereocenters. The van der Waals surface area contributed by atoms with Crippen molar-refractivity contribution >= 4 is 39.1 Å². The summed E-state index contributed by atoms with van der Waals surface area (Å²) >= 11 is 14.6. The Kier molecular flexibility index (Phi) is 4.05. The lowest BCUT2D eigenvalue weighted by Crippen LogP contribution is -2.07. The number of alkyl halides is 3. The summed E-state index contributed by atoms with van der Waals surface area (Å²) in [6.07, 6.45) is -4.65. The van der Waals surface area contributed by atoms with Crippen molar-refractivity contribution < 1.29 is 13.2 Å². The number of nitrogens with one attached hydrogen (secondary N) is 1. The van der Waals surface area contributed by atoms with Gasteiger partial charge >= 0.3 is 6.18 Å². The Morgan fingerprint density at radius 3 is 2.30 bits per heavy atom. The van der Waals surface area contributed by atoms with E-state index in [0.29, 0.717) is 5.56 Å². The van der Waals surface area contributed by atoms with E-state index >= 15 is 0 Å². The minimum absolute atomic E-state index is 0.0331. The van der Waals surface area contributed by atoms with Crippen molar-refractivity contribution in [1.82, 2.24) is 4.98 Å². The van der Waals surface area contributed by atoms with Gasteiger partial charge in [-0.05, 0) is 28.1 Å². The van der Waals surface area contributed by atoms with Gasteiger partial charge in [-0.2, -0.15) is 18.4 Å². The van der Waals surface area contributed by atoms with Crippen molar-refractivity contribution in [3.05, 3.63) is 44.0 Å². The topological polar surface area (TPSA) is 39.6 Å². The minimum Gasteiger partial charge on any atom is -0.349 e. The van der Waals surface area contributed by atoms with Crippen LogP contribution in [0.15, 0.2) is 22.7 Å². The van der Waals surface area contributed by atoms with E-state index in [-0.39, 0.29) is 20.2 Å². The Morgan fingerprint density at radius 2 is 1.85 bits per heavy atom. The zero-order valence-corrected chi connectivity index (χ0v) is 12.5. The third kappa shape index (κ3) is 2.66. The number of hydrogen-bond donors (Lipinski definition) is 1. The quantitative estimate of drug-likeness (QED) is 0.679. The Bertz CT molecular complexity index is 717. The van der Waals surface area contributed by atoms with Gasteiger partial charge in [0.05, 0.1) is 25.8 Å². The number of aromatic nitrogens is 1. The first-order valence-electron chi connectivity index (χ1n) is 5.10. The summed E-state index contributed by atoms with van der Waals surface area (Å²) in [5.41, 5.74) is -1.10. The highest BCUT2D eigenvalue weighted by molar-refractivity contribution is 9.10. The molecule has 1 N–H and O–H groups in total. The van der Waals surface area contributed by atoms with Crippen molar-refractivity contribution in [2.75, 3.05) is 0 Å². The lowest BCUT2D eigenvalue weighted by atomic mass is 10.1. The monoisotopic (exact) mass is 382 g/mol. The van der Waals surface area contributed by atoms with Crippen LogP contribution in [0.1, 0.15) is 11.3 Å². The van der Waals surface area contributed by atoms with Crippen LogP contribution in [0.3, 0.4) is 0 Å². The molecule has 8 heteroatoms. The van der Waals surface area contributed by atoms with Crippen LogP contribution in [0.5, 0.6) is 0 Å². The van der Waals surface area contributed by atoms with Crippen LogP contribution in [0, 0.1) is 11.3 Å². The van der Waals surface area contributed by atoms with E-state index in [1.807, 2.05) is 0 Å². The highest BCUT2D eigenvalue weighted by Gasteiger charge is 2.38. The summed E-state index contributed by atoms with van der Waals surface area (Å²) in [5, 5.41) is 9.37. The van der Waals surface area contributed by atoms with Gasteiger partial charge in [0.2, 0.25) is 0 Å². The third-order valence-electron chi connectivity index (χ3n) is 2.54. The molecule has 2 rings (SSSR count). The van der Waals surface area contributed by atoms with Crippen LogP contribution < -0.4 is 0 Å². The summed E-state index contributed by atoms with van der Waals surface area (Å²) < 4.78 is 38.5. The summed E-state index contributed by atoms with van der Waals surface area (Å²) in [6.45, 7) is 0. The van der Waals surface area contributed by atoms with E-state index in [0.717, 1.165) is 0 Å². The predicted molar refractivity (Wildman–Crippen MR) is 73.7 cm³/mol. The van der Waals surface area contributed by atoms with E-state index in [1.54, 1.807) is 0 Å². The molecular formula is C12H4BrCl2F3N2. The molecule has 104 valence electrons. The molecule has 20 heavy (non-hydrogen) atoms. The van der Waals surface area contributed by atoms with Crippen molar-refractivity contribution in [3.8, 4) is 17.3 Å². The van der Waals surface area contributed by atoms with Gasteiger partial charge in [-0.15, -0.1) is 0 Å². The number of nitrogens with zero attached hydrogens (tertiary/aromatic N) is 1. The van der Waals surface area contributed by atoms with Gasteiger partial charge in [-0.3, -0.25) is 0 Å². The summed E-state index contributed by atoms with van der Waals surface area (Å²) in [7, 11) is 0. The standard InChI is InChI=1S/C12H4BrCl2F3N2/c13-9-6(4-19)11(12(16,17)18)20-10(9)5-1-2-7(14)8(15)3-5/h1-3,20H. The van der Waals surface area contributed by atoms with Gasteiger partial charge in [0.15, 0.2) is 0 Å². The van der Waals surface area contributed by atoms with E-state index in [1.165, 1.54) is 24.3 Å². The molecule has 0 spiro atoms. The van der Waals surface area contributed by atoms with Crippen LogP contribution in [0.2, 0.25) is 10.0 Å². The molecule has 2 nitrogen and oxygen atoms in total. The van der Waals surface area contributed by atoms with E-state index in [4.69, 9.17) is 28.5 Å². The van der Waals surface area contributed by atoms with Gasteiger partial charge in [-0.25, -0.2) is 0 Å². The molecule has 0 aliphatic carbocycles. The molecule has 0 amide bonds. The number of rotatable bonds is 1. The smallest absolute Gasteiger partial charge is 0.349 e. The lowest BCUT2D eigenvalue weighted by molar-refractivity contribution is -0.140. The number of aromatic amines is 1. The van der Waals surface area contributed by atoms with E-state index < -0.39 is 17.4 Å². The largest absolute Gasteiger partial charge is 0.432 e. The van der Waals surface area contributed by atoms with Crippen molar-refractivity contribution in [2.24, 2.45) is 0 Å². The normalized spacial score (nSPS) is 11.4. The molecular weight excluding hydrogens is 380 g/mol. The molecule has 1 aromatic heterocycles. The summed E-state index contributed by atoms with van der Waals surface area (Å²) in [5.74, 6) is 0. The Labute approximate surface area is 130 Å². The molecule has 0 aliphatic heterocycles. The second kappa shape index (κ2) is 5.32. The fraction of sp³-hybridized carbons (Fsp3) is 0.0833. The fourth-order valence-corrected chi connectivity index (χ4v) is 2.56. The van der Waals surface area contributed by atoms with Gasteiger partial charge in [0.25, 0.3) is 0 Å². The molecule has 0 unspecified atom stereocenters. The van der Waals surface area contributed by atoms with Crippen molar-refractivity contribution in [2.45, 2.75) is 6.18 Å². The van der Waals surface area contributed by atoms with Gasteiger partial charge in [0.1, 0.15) is 11.8 Å². The van der Waals surface area contributed by atoms with Gasteiger partial charge in [0, 0.05) is 5.56 Å². The second-order valence-electron chi connectivity index (χ2n) is 3.80. The third-order valence-corrected chi connectivity index (χ3v) is 4.07. The molecule has 0 radical (unpaired) electrons. The first-order valence-corrected chi connectivity index (χ1v) is 6.64. The SMILES string of the molecule is N#Cc1c(C(F)(F)F)[nH]c(-c2ccc(Cl)c(Cl)c2)c1Br. The molecule has 2 aromatic rings. The molecule has 0 saturated heterocycles. The van der Waals surface area contributed by atoms with E-state index in [2.05, 4.69) is 20.9 Å². The van der Waals surface area contributed by atoms with Crippen LogP contribution in [0.25, 0.3) is 11.3 Å². The van der Waals surface area contributed by atoms with Gasteiger partial charge < -0.3 is 4.98 Å². The lowest BCUT2D eigenvalue weighted by Gasteiger charge is -2.04. The predicted octanol–water partition coefficient (Wildman–Crippen LogP) is 5.64. The molecule has 0 aliphatic rings. The Hall–Kier alpha value is -1.16. The number of H-pyrrole nitrogens is 1. The number of halogens is 6. The molecule has 0 bridgehead atoms. The van der Waals surface area contributed by atoms with E-state index in [9.17, 15) is 13.2 Å². The fourth-order valence-electron chi connectivity index (χ4n) is 1.65. The highest BCUT2D eigenvalue weighted by atomic mass is 79.9. The summed E-state index contributed by atoms with van der Waals surface area (Å²) in [6, 6.07) is 5.92. The van der Waals surface area contributed by atoms with Crippen LogP contribution in [-0.4, -0.2) is 4.98 Å². The highest BCUT2D eigenvalue weighted by Crippen LogP contribution is 2.40. The van der Waals surface area contributed by atoms with Crippen LogP contribution in [-0.2, 0) is 6.18 Å². The average Bonchev–Trinajstić information content (AvgIpc) is 2.69. The number of nitriles is 1. The Balaban J connectivity index is 2.67. The molecule has 0 saturated carbocycles. The number of hydrogen-bond acceptors (Lipinski definition) is 1. The average molecular weight is 384 g/mol. The molecule has 1 heterocycles. The number of benzene rings is 1. The molecule has 1 aromatic carbocycles. The summed E-state index contributed by atoms with van der Waals surface area (Å²) in [4.78, 5) is 2.21. The first kappa shape index (κ1) is 15.2. The zero-order chi connectivity index (χ0) is 15.1. The maximum absolute atomic E-state index is 12.8. The first-order chi connectivity index (χ1) is 9.25. The minimum atomic E-state index is -4.65. The Morgan fingerprint density at radius 1 is 1.20 bits per heavy atom. The second-order valence-corrected chi connectivity index (χ2v) is 5.41. The molecule has 0 fully saturated rings.